The van der Waals surface area contributed by atoms with Gasteiger partial charge in [-0.25, -0.2) is 14.1 Å². The highest BCUT2D eigenvalue weighted by Gasteiger charge is 2.25. The van der Waals surface area contributed by atoms with Gasteiger partial charge in [-0.2, -0.15) is 10.2 Å². The molecular weight excluding hydrogens is 604 g/mol. The fourth-order valence-electron chi connectivity index (χ4n) is 6.34. The molecule has 6 nitrogen and oxygen atoms in total. The third kappa shape index (κ3) is 6.33. The second kappa shape index (κ2) is 14.0. The fourth-order valence-corrected chi connectivity index (χ4v) is 6.34. The van der Waals surface area contributed by atoms with Gasteiger partial charge in [-0.05, 0) is 68.2 Å². The van der Waals surface area contributed by atoms with Gasteiger partial charge in [0.1, 0.15) is 0 Å². The van der Waals surface area contributed by atoms with Gasteiger partial charge in [-0.1, -0.05) is 121 Å². The summed E-state index contributed by atoms with van der Waals surface area (Å²) in [6.07, 6.45) is 8.44. The molecule has 0 saturated heterocycles. The molecule has 7 rings (SSSR count). The molecule has 1 aliphatic carbocycles. The lowest BCUT2D eigenvalue weighted by atomic mass is 10.00. The first kappa shape index (κ1) is 31.6. The maximum atomic E-state index is 13.6. The zero-order valence-corrected chi connectivity index (χ0v) is 28.0. The highest BCUT2D eigenvalue weighted by molar-refractivity contribution is 6.40. The minimum absolute atomic E-state index is 0.267. The Morgan fingerprint density at radius 2 is 1.35 bits per heavy atom. The van der Waals surface area contributed by atoms with Crippen molar-refractivity contribution in [3.8, 4) is 33.8 Å². The van der Waals surface area contributed by atoms with Crippen LogP contribution in [0, 0.1) is 0 Å². The van der Waals surface area contributed by atoms with Crippen LogP contribution < -0.4 is 0 Å². The van der Waals surface area contributed by atoms with Gasteiger partial charge in [0.15, 0.2) is 0 Å². The van der Waals surface area contributed by atoms with Crippen molar-refractivity contribution in [1.82, 2.24) is 9.35 Å². The molecule has 0 saturated carbocycles. The monoisotopic (exact) mass is 642 g/mol. The van der Waals surface area contributed by atoms with Crippen LogP contribution >= 0.6 is 0 Å². The van der Waals surface area contributed by atoms with E-state index in [1.165, 1.54) is 5.57 Å². The molecule has 0 unspecified atom stereocenters. The van der Waals surface area contributed by atoms with Crippen LogP contribution in [0.15, 0.2) is 150 Å². The Balaban J connectivity index is 1.45. The Morgan fingerprint density at radius 3 is 2.04 bits per heavy atom. The topological polar surface area (TPSA) is 60.9 Å². The molecule has 2 aromatic heterocycles. The summed E-state index contributed by atoms with van der Waals surface area (Å²) >= 11 is 0. The number of nitrogens with zero attached hydrogens (tertiary/aromatic N) is 4. The lowest BCUT2D eigenvalue weighted by Gasteiger charge is -2.15. The molecule has 0 radical (unpaired) electrons. The standard InChI is InChI=1S/C43H38N4O2/c1-4-49-43(48)38-29-41(35-22-12-7-13-23-35)47(42(38)37-26-16-24-32-17-14-15-25-36(32)37)45-31(3)30(2)44-46-39(33-18-8-5-9-19-33)27-28-40(46)34-20-10-6-11-21-34/h5-10,12-20,22-29H,4,11,21H2,1-3H3/b44-30+,45-31+. The normalized spacial score (nSPS) is 13.5. The zero-order chi connectivity index (χ0) is 33.7. The molecule has 0 fully saturated rings. The first-order chi connectivity index (χ1) is 24.0. The van der Waals surface area contributed by atoms with E-state index in [0.29, 0.717) is 17.0 Å². The van der Waals surface area contributed by atoms with Gasteiger partial charge in [0.05, 0.1) is 46.4 Å². The van der Waals surface area contributed by atoms with Crippen LogP contribution in [0.2, 0.25) is 0 Å². The van der Waals surface area contributed by atoms with Crippen LogP contribution in [0.25, 0.3) is 50.1 Å². The second-order valence-electron chi connectivity index (χ2n) is 12.0. The van der Waals surface area contributed by atoms with E-state index in [0.717, 1.165) is 63.1 Å². The van der Waals surface area contributed by atoms with Crippen molar-refractivity contribution in [1.29, 1.82) is 0 Å². The summed E-state index contributed by atoms with van der Waals surface area (Å²) in [5.74, 6) is -0.390. The maximum Gasteiger partial charge on any atom is 0.340 e. The maximum absolute atomic E-state index is 13.6. The number of allylic oxidation sites excluding steroid dienone is 4. The fraction of sp³-hybridized carbons (Fsp3) is 0.140. The Kier molecular flexibility index (Phi) is 9.02. The second-order valence-corrected chi connectivity index (χ2v) is 12.0. The van der Waals surface area contributed by atoms with E-state index in [2.05, 4.69) is 60.7 Å². The van der Waals surface area contributed by atoms with Crippen molar-refractivity contribution >= 4 is 33.7 Å². The van der Waals surface area contributed by atoms with Gasteiger partial charge >= 0.3 is 5.97 Å². The lowest BCUT2D eigenvalue weighted by molar-refractivity contribution is 0.0527. The molecule has 4 aromatic carbocycles. The van der Waals surface area contributed by atoms with Crippen molar-refractivity contribution in [3.63, 3.8) is 0 Å². The van der Waals surface area contributed by atoms with Crippen molar-refractivity contribution in [2.75, 3.05) is 6.61 Å². The zero-order valence-electron chi connectivity index (χ0n) is 28.0. The number of carbonyl (C=O) groups is 1. The van der Waals surface area contributed by atoms with Crippen LogP contribution in [0.4, 0.5) is 0 Å². The molecule has 2 heterocycles. The molecule has 1 aliphatic rings. The van der Waals surface area contributed by atoms with Gasteiger partial charge in [-0.3, -0.25) is 0 Å². The van der Waals surface area contributed by atoms with Gasteiger partial charge in [0.2, 0.25) is 0 Å². The molecule has 0 atom stereocenters. The van der Waals surface area contributed by atoms with Crippen molar-refractivity contribution < 1.29 is 9.53 Å². The molecule has 49 heavy (non-hydrogen) atoms. The summed E-state index contributed by atoms with van der Waals surface area (Å²) in [6.45, 7) is 6.05. The lowest BCUT2D eigenvalue weighted by Crippen LogP contribution is -2.13. The Hall–Kier alpha value is -6.01. The quantitative estimate of drug-likeness (QED) is 0.116. The van der Waals surface area contributed by atoms with E-state index in [-0.39, 0.29) is 12.6 Å². The number of rotatable bonds is 9. The van der Waals surface area contributed by atoms with Crippen LogP contribution in [-0.4, -0.2) is 33.4 Å². The summed E-state index contributed by atoms with van der Waals surface area (Å²) in [4.78, 5) is 13.6. The number of fused-ring (bicyclic) bond motifs is 1. The highest BCUT2D eigenvalue weighted by Crippen LogP contribution is 2.37. The van der Waals surface area contributed by atoms with Crippen molar-refractivity contribution in [3.05, 3.63) is 151 Å². The third-order valence-corrected chi connectivity index (χ3v) is 8.88. The Bertz CT molecular complexity index is 2260. The molecule has 0 spiro atoms. The van der Waals surface area contributed by atoms with Crippen LogP contribution in [0.1, 0.15) is 49.7 Å². The first-order valence-electron chi connectivity index (χ1n) is 16.7. The molecule has 242 valence electrons. The SMILES string of the molecule is CCOC(=O)c1cc(-c2ccccc2)n(/N=C(C)/C(C)=N/n2c(C3=CC=CCC3)ccc2-c2ccccc2)c1-c1cccc2ccccc12. The number of benzene rings is 4. The van der Waals surface area contributed by atoms with Crippen LogP contribution in [-0.2, 0) is 4.74 Å². The van der Waals surface area contributed by atoms with Gasteiger partial charge in [0.25, 0.3) is 0 Å². The molecule has 6 aromatic rings. The van der Waals surface area contributed by atoms with Crippen LogP contribution in [0.3, 0.4) is 0 Å². The van der Waals surface area contributed by atoms with E-state index in [4.69, 9.17) is 14.9 Å². The number of hydrogen-bond donors (Lipinski definition) is 0. The largest absolute Gasteiger partial charge is 0.462 e. The van der Waals surface area contributed by atoms with Gasteiger partial charge < -0.3 is 4.74 Å². The summed E-state index contributed by atoms with van der Waals surface area (Å²) in [6, 6.07) is 40.9. The van der Waals surface area contributed by atoms with Gasteiger partial charge in [0, 0.05) is 16.7 Å². The minimum Gasteiger partial charge on any atom is -0.462 e. The van der Waals surface area contributed by atoms with E-state index in [9.17, 15) is 4.79 Å². The molecule has 0 N–H and O–H groups in total. The number of esters is 1. The molecule has 0 bridgehead atoms. The average Bonchev–Trinajstić information content (AvgIpc) is 3.74. The molecule has 0 aliphatic heterocycles. The summed E-state index contributed by atoms with van der Waals surface area (Å²) < 4.78 is 9.55. The summed E-state index contributed by atoms with van der Waals surface area (Å²) in [7, 11) is 0. The first-order valence-corrected chi connectivity index (χ1v) is 16.7. The van der Waals surface area contributed by atoms with E-state index >= 15 is 0 Å². The summed E-state index contributed by atoms with van der Waals surface area (Å²) in [5.41, 5.74) is 9.58. The predicted molar refractivity (Wildman–Crippen MR) is 202 cm³/mol. The Morgan fingerprint density at radius 1 is 0.714 bits per heavy atom. The third-order valence-electron chi connectivity index (χ3n) is 8.88. The predicted octanol–water partition coefficient (Wildman–Crippen LogP) is 10.5. The average molecular weight is 643 g/mol. The number of hydrogen-bond acceptors (Lipinski definition) is 4. The smallest absolute Gasteiger partial charge is 0.340 e. The van der Waals surface area contributed by atoms with E-state index in [1.807, 2.05) is 109 Å². The van der Waals surface area contributed by atoms with Crippen LogP contribution in [0.5, 0.6) is 0 Å². The van der Waals surface area contributed by atoms with E-state index < -0.39 is 0 Å². The number of ether oxygens (including phenoxy) is 1. The number of aromatic nitrogens is 2. The van der Waals surface area contributed by atoms with E-state index in [1.54, 1.807) is 0 Å². The number of carbonyl (C=O) groups excluding carboxylic acids is 1. The summed E-state index contributed by atoms with van der Waals surface area (Å²) in [5, 5.41) is 12.6. The van der Waals surface area contributed by atoms with Crippen molar-refractivity contribution in [2.24, 2.45) is 10.2 Å². The minimum atomic E-state index is -0.390. The molecule has 0 amide bonds. The highest BCUT2D eigenvalue weighted by atomic mass is 16.5. The molecular formula is C43H38N4O2. The van der Waals surface area contributed by atoms with Crippen molar-refractivity contribution in [2.45, 2.75) is 33.6 Å². The molecule has 6 heteroatoms. The van der Waals surface area contributed by atoms with Gasteiger partial charge in [-0.15, -0.1) is 0 Å². The Labute approximate surface area is 287 Å².